The second-order valence-corrected chi connectivity index (χ2v) is 23.6. The van der Waals surface area contributed by atoms with Crippen LogP contribution in [0.4, 0.5) is 16.2 Å². The lowest BCUT2D eigenvalue weighted by Gasteiger charge is -2.53. The number of aromatic nitrogens is 1. The van der Waals surface area contributed by atoms with E-state index in [1.54, 1.807) is 36.3 Å². The SMILES string of the molecule is COc1cc(NC(=O)CCCc2ccc(-c3ccccc3)c(N(C(=O)O)C34CCN(CC3)CC4)c2)c(Cl)cc1CNC[C@@H](O[Si](C)(C)C(C)(C)C)c1ccc(O)c2[nH]c(=O)ccc12. The van der Waals surface area contributed by atoms with Gasteiger partial charge >= 0.3 is 6.09 Å². The van der Waals surface area contributed by atoms with E-state index in [0.29, 0.717) is 59.0 Å². The number of aromatic amines is 1. The molecule has 3 fully saturated rings. The largest absolute Gasteiger partial charge is 0.506 e. The van der Waals surface area contributed by atoms with Gasteiger partial charge < -0.3 is 39.9 Å². The molecule has 14 heteroatoms. The van der Waals surface area contributed by atoms with Crippen LogP contribution >= 0.6 is 11.6 Å². The Morgan fingerprint density at radius 2 is 1.70 bits per heavy atom. The van der Waals surface area contributed by atoms with E-state index >= 15 is 0 Å². The van der Waals surface area contributed by atoms with Gasteiger partial charge in [-0.25, -0.2) is 4.79 Å². The first-order chi connectivity index (χ1) is 30.0. The number of rotatable bonds is 16. The van der Waals surface area contributed by atoms with E-state index in [0.717, 1.165) is 66.7 Å². The predicted octanol–water partition coefficient (Wildman–Crippen LogP) is 10.1. The Hall–Kier alpha value is -5.18. The number of halogens is 1. The average molecular weight is 895 g/mol. The number of H-pyrrole nitrogens is 1. The van der Waals surface area contributed by atoms with Gasteiger partial charge in [-0.2, -0.15) is 0 Å². The third-order valence-electron chi connectivity index (χ3n) is 13.4. The maximum atomic E-state index is 13.4. The third kappa shape index (κ3) is 10.1. The summed E-state index contributed by atoms with van der Waals surface area (Å²) in [6.45, 7) is 14.4. The van der Waals surface area contributed by atoms with Crippen molar-refractivity contribution in [2.45, 2.75) is 95.6 Å². The number of carbonyl (C=O) groups is 2. The molecule has 12 nitrogen and oxygen atoms in total. The van der Waals surface area contributed by atoms with Crippen molar-refractivity contribution in [1.29, 1.82) is 0 Å². The van der Waals surface area contributed by atoms with Gasteiger partial charge in [0.15, 0.2) is 8.32 Å². The standard InChI is InChI=1S/C49H60ClN5O7Si/c1-48(2,3)63(5,6)62-43(36-17-19-41(56)46-37(36)18-20-45(58)53-46)31-51-30-34-28-38(50)39(29-42(34)61-4)52-44(57)14-10-11-32-15-16-35(33-12-8-7-9-13-33)40(27-32)55(47(59)60)49-21-24-54(25-22-49)26-23-49/h7-9,12-13,15-20,27-29,43,51,56H,10-11,14,21-26,30-31H2,1-6H3,(H,52,57)(H,53,58)(H,59,60)/t43-/m1/s1. The molecule has 3 saturated heterocycles. The van der Waals surface area contributed by atoms with E-state index in [9.17, 15) is 24.6 Å². The van der Waals surface area contributed by atoms with Gasteiger partial charge in [0.25, 0.3) is 0 Å². The summed E-state index contributed by atoms with van der Waals surface area (Å²) >= 11 is 6.80. The lowest BCUT2D eigenvalue weighted by molar-refractivity contribution is -0.116. The quantitative estimate of drug-likeness (QED) is 0.0609. The molecule has 0 radical (unpaired) electrons. The van der Waals surface area contributed by atoms with Crippen molar-refractivity contribution >= 4 is 54.2 Å². The highest BCUT2D eigenvalue weighted by molar-refractivity contribution is 6.74. The van der Waals surface area contributed by atoms with Crippen molar-refractivity contribution in [3.8, 4) is 22.6 Å². The number of nitrogens with zero attached hydrogens (tertiary/aromatic N) is 2. The minimum Gasteiger partial charge on any atom is -0.506 e. The monoisotopic (exact) mass is 893 g/mol. The first-order valence-electron chi connectivity index (χ1n) is 21.8. The summed E-state index contributed by atoms with van der Waals surface area (Å²) in [6, 6.07) is 26.1. The molecular weight excluding hydrogens is 834 g/mol. The highest BCUT2D eigenvalue weighted by Gasteiger charge is 2.47. The molecule has 0 unspecified atom stereocenters. The van der Waals surface area contributed by atoms with Crippen molar-refractivity contribution in [2.75, 3.05) is 43.5 Å². The van der Waals surface area contributed by atoms with Gasteiger partial charge in [-0.15, -0.1) is 0 Å². The number of fused-ring (bicyclic) bond motifs is 4. The highest BCUT2D eigenvalue weighted by Crippen LogP contribution is 2.45. The number of pyridine rings is 1. The smallest absolute Gasteiger partial charge is 0.412 e. The zero-order chi connectivity index (χ0) is 45.1. The Bertz CT molecular complexity index is 2500. The van der Waals surface area contributed by atoms with Crippen LogP contribution < -0.4 is 25.8 Å². The normalized spacial score (nSPS) is 18.0. The number of ether oxygens (including phenoxy) is 1. The molecule has 1 aromatic heterocycles. The Balaban J connectivity index is 1.02. The number of benzene rings is 4. The van der Waals surface area contributed by atoms with Crippen LogP contribution in [-0.4, -0.2) is 79.2 Å². The summed E-state index contributed by atoms with van der Waals surface area (Å²) in [5.41, 5.74) is 5.20. The van der Waals surface area contributed by atoms with E-state index in [2.05, 4.69) is 54.4 Å². The molecule has 5 aromatic rings. The number of anilines is 2. The molecule has 0 aliphatic carbocycles. The Labute approximate surface area is 375 Å². The van der Waals surface area contributed by atoms with Crippen LogP contribution in [0, 0.1) is 0 Å². The van der Waals surface area contributed by atoms with Crippen LogP contribution in [0.15, 0.2) is 89.7 Å². The topological polar surface area (TPSA) is 156 Å². The Morgan fingerprint density at radius 1 is 0.984 bits per heavy atom. The second kappa shape index (κ2) is 18.9. The number of carboxylic acid groups (broad SMARTS) is 1. The maximum Gasteiger partial charge on any atom is 0.412 e. The average Bonchev–Trinajstić information content (AvgIpc) is 3.25. The number of aromatic hydroxyl groups is 1. The number of phenols is 1. The fourth-order valence-corrected chi connectivity index (χ4v) is 10.3. The summed E-state index contributed by atoms with van der Waals surface area (Å²) in [4.78, 5) is 45.5. The number of hydrogen-bond donors (Lipinski definition) is 5. The maximum absolute atomic E-state index is 13.4. The van der Waals surface area contributed by atoms with Crippen LogP contribution in [0.1, 0.15) is 75.7 Å². The number of nitrogens with one attached hydrogen (secondary N) is 3. The van der Waals surface area contributed by atoms with Crippen LogP contribution in [0.5, 0.6) is 11.5 Å². The molecule has 3 aliphatic heterocycles. The van der Waals surface area contributed by atoms with Crippen molar-refractivity contribution < 1.29 is 29.0 Å². The lowest BCUT2D eigenvalue weighted by atomic mass is 9.78. The number of phenolic OH excluding ortho intramolecular Hbond substituents is 1. The van der Waals surface area contributed by atoms with Gasteiger partial charge in [0, 0.05) is 67.8 Å². The zero-order valence-corrected chi connectivity index (χ0v) is 38.9. The highest BCUT2D eigenvalue weighted by atomic mass is 35.5. The second-order valence-electron chi connectivity index (χ2n) is 18.5. The summed E-state index contributed by atoms with van der Waals surface area (Å²) < 4.78 is 12.7. The molecule has 0 saturated carbocycles. The van der Waals surface area contributed by atoms with E-state index in [1.807, 2.05) is 54.6 Å². The van der Waals surface area contributed by atoms with Crippen LogP contribution in [0.2, 0.25) is 23.2 Å². The molecule has 0 spiro atoms. The molecule has 4 heterocycles. The number of piperidine rings is 3. The summed E-state index contributed by atoms with van der Waals surface area (Å²) in [5, 5.41) is 28.8. The number of carbonyl (C=O) groups excluding carboxylic acids is 1. The van der Waals surface area contributed by atoms with Gasteiger partial charge in [0.1, 0.15) is 11.5 Å². The molecule has 63 heavy (non-hydrogen) atoms. The molecule has 3 aliphatic rings. The summed E-state index contributed by atoms with van der Waals surface area (Å²) in [7, 11) is -0.718. The van der Waals surface area contributed by atoms with Gasteiger partial charge in [-0.3, -0.25) is 14.5 Å². The van der Waals surface area contributed by atoms with E-state index < -0.39 is 26.1 Å². The van der Waals surface area contributed by atoms with Crippen LogP contribution in [-0.2, 0) is 22.2 Å². The minimum atomic E-state index is -2.29. The van der Waals surface area contributed by atoms with Crippen LogP contribution in [0.3, 0.4) is 0 Å². The Morgan fingerprint density at radius 3 is 2.37 bits per heavy atom. The van der Waals surface area contributed by atoms with Crippen molar-refractivity contribution in [3.05, 3.63) is 117 Å². The molecular formula is C49H60ClN5O7Si. The molecule has 8 rings (SSSR count). The number of amides is 2. The Kier molecular flexibility index (Phi) is 13.7. The fourth-order valence-electron chi connectivity index (χ4n) is 8.79. The fraction of sp³-hybridized carbons (Fsp3) is 0.408. The van der Waals surface area contributed by atoms with Gasteiger partial charge in [-0.1, -0.05) is 80.9 Å². The molecule has 5 N–H and O–H groups in total. The van der Waals surface area contributed by atoms with Gasteiger partial charge in [-0.05, 0) is 91.2 Å². The van der Waals surface area contributed by atoms with Crippen LogP contribution in [0.25, 0.3) is 22.0 Å². The molecule has 2 bridgehead atoms. The molecule has 334 valence electrons. The summed E-state index contributed by atoms with van der Waals surface area (Å²) in [5.74, 6) is 0.344. The predicted molar refractivity (Wildman–Crippen MR) is 254 cm³/mol. The third-order valence-corrected chi connectivity index (χ3v) is 18.2. The first kappa shape index (κ1) is 45.8. The number of hydrogen-bond acceptors (Lipinski definition) is 8. The van der Waals surface area contributed by atoms with Crippen molar-refractivity contribution in [3.63, 3.8) is 0 Å². The van der Waals surface area contributed by atoms with E-state index in [1.165, 1.54) is 6.07 Å². The van der Waals surface area contributed by atoms with Gasteiger partial charge in [0.05, 0.1) is 40.7 Å². The van der Waals surface area contributed by atoms with E-state index in [4.69, 9.17) is 20.8 Å². The number of methoxy groups -OCH3 is 1. The molecule has 2 amide bonds. The summed E-state index contributed by atoms with van der Waals surface area (Å²) in [6.07, 6.45) is 2.44. The number of aryl methyl sites for hydroxylation is 1. The molecule has 1 atom stereocenters. The lowest BCUT2D eigenvalue weighted by Crippen LogP contribution is -2.62. The van der Waals surface area contributed by atoms with Crippen molar-refractivity contribution in [2.24, 2.45) is 0 Å². The first-order valence-corrected chi connectivity index (χ1v) is 25.1. The molecule has 4 aromatic carbocycles. The zero-order valence-electron chi connectivity index (χ0n) is 37.1. The minimum absolute atomic E-state index is 0.0106. The van der Waals surface area contributed by atoms with E-state index in [-0.39, 0.29) is 28.7 Å². The van der Waals surface area contributed by atoms with Crippen molar-refractivity contribution in [1.82, 2.24) is 15.2 Å². The van der Waals surface area contributed by atoms with Gasteiger partial charge in [0.2, 0.25) is 11.5 Å².